The number of hydrogen-bond donors (Lipinski definition) is 10. The number of nitrogens with one attached hydrogen (secondary N) is 1. The highest BCUT2D eigenvalue weighted by Crippen LogP contribution is 2.23. The maximum absolute atomic E-state index is 10.8. The Labute approximate surface area is 558 Å². The molecule has 0 saturated heterocycles. The summed E-state index contributed by atoms with van der Waals surface area (Å²) in [6.45, 7) is 19.1. The number of aliphatic hydroxyl groups excluding tert-OH is 9. The second kappa shape index (κ2) is 43.8. The molecule has 0 saturated carbocycles. The van der Waals surface area contributed by atoms with Crippen LogP contribution in [-0.2, 0) is 57.6 Å². The van der Waals surface area contributed by atoms with Gasteiger partial charge in [0.15, 0.2) is 0 Å². The van der Waals surface area contributed by atoms with E-state index in [0.717, 1.165) is 112 Å². The van der Waals surface area contributed by atoms with Crippen molar-refractivity contribution >= 4 is 51.9 Å². The Bertz CT molecular complexity index is 3530. The van der Waals surface area contributed by atoms with Gasteiger partial charge in [0.2, 0.25) is 5.91 Å². The van der Waals surface area contributed by atoms with Crippen molar-refractivity contribution in [3.8, 4) is 0 Å². The molecule has 1 aliphatic carbocycles. The van der Waals surface area contributed by atoms with Crippen molar-refractivity contribution in [1.29, 1.82) is 0 Å². The number of aliphatic hydroxyl groups is 9. The van der Waals surface area contributed by atoms with Gasteiger partial charge in [-0.05, 0) is 218 Å². The number of aryl methyl sites for hydroxylation is 7. The Balaban J connectivity index is 0.000000532. The third-order valence-corrected chi connectivity index (χ3v) is 15.1. The highest BCUT2D eigenvalue weighted by atomic mass is 35.5. The van der Waals surface area contributed by atoms with Gasteiger partial charge in [-0.25, -0.2) is 0 Å². The minimum atomic E-state index is -0.474. The van der Waals surface area contributed by atoms with E-state index >= 15 is 0 Å². The smallest absolute Gasteiger partial charge is 0.269 e. The van der Waals surface area contributed by atoms with Gasteiger partial charge in [0.1, 0.15) is 0 Å². The Morgan fingerprint density at radius 3 is 1.23 bits per heavy atom. The van der Waals surface area contributed by atoms with E-state index in [0.29, 0.717) is 10.6 Å². The fraction of sp³-hybridized carbons (Fsp3) is 0.347. The predicted molar refractivity (Wildman–Crippen MR) is 374 cm³/mol. The number of halogens is 2. The first-order valence-corrected chi connectivity index (χ1v) is 30.4. The van der Waals surface area contributed by atoms with E-state index in [-0.39, 0.29) is 82.8 Å². The van der Waals surface area contributed by atoms with Crippen LogP contribution in [0.5, 0.6) is 0 Å². The minimum absolute atomic E-state index is 0.0182. The van der Waals surface area contributed by atoms with Crippen LogP contribution in [0, 0.1) is 75.6 Å². The van der Waals surface area contributed by atoms with Gasteiger partial charge in [-0.1, -0.05) is 83.4 Å². The van der Waals surface area contributed by atoms with Crippen LogP contribution >= 0.6 is 23.2 Å². The van der Waals surface area contributed by atoms with Crippen molar-refractivity contribution in [2.24, 2.45) is 0 Å². The third-order valence-electron chi connectivity index (χ3n) is 14.7. The molecule has 1 unspecified atom stereocenters. The van der Waals surface area contributed by atoms with E-state index in [9.17, 15) is 25.0 Å². The van der Waals surface area contributed by atoms with Crippen LogP contribution in [0.4, 0.5) is 22.7 Å². The number of carbonyl (C=O) groups is 1. The predicted octanol–water partition coefficient (Wildman–Crippen LogP) is 12.2. The summed E-state index contributed by atoms with van der Waals surface area (Å²) in [5, 5.41) is 105. The van der Waals surface area contributed by atoms with Crippen molar-refractivity contribution in [1.82, 2.24) is 5.32 Å². The molecule has 0 aromatic heterocycles. The van der Waals surface area contributed by atoms with Gasteiger partial charge in [-0.2, -0.15) is 0 Å². The summed E-state index contributed by atoms with van der Waals surface area (Å²) in [6.07, 6.45) is 4.72. The van der Waals surface area contributed by atoms with Crippen LogP contribution in [0.15, 0.2) is 145 Å². The van der Waals surface area contributed by atoms with Gasteiger partial charge < -0.3 is 61.1 Å². The lowest BCUT2D eigenvalue weighted by molar-refractivity contribution is -0.385. The molecular weight excluding hydrogens is 1230 g/mol. The fourth-order valence-corrected chi connectivity index (χ4v) is 9.02. The summed E-state index contributed by atoms with van der Waals surface area (Å²) < 4.78 is 0. The van der Waals surface area contributed by atoms with Gasteiger partial charge >= 0.3 is 0 Å². The number of nitro benzene ring substituents is 2. The van der Waals surface area contributed by atoms with Crippen LogP contribution in [0.25, 0.3) is 0 Å². The summed E-state index contributed by atoms with van der Waals surface area (Å²) in [7, 11) is 8.00. The van der Waals surface area contributed by atoms with Crippen LogP contribution in [-0.4, -0.2) is 103 Å². The first kappa shape index (κ1) is 83.1. The van der Waals surface area contributed by atoms with Gasteiger partial charge in [-0.3, -0.25) is 25.0 Å². The first-order chi connectivity index (χ1) is 43.9. The van der Waals surface area contributed by atoms with Gasteiger partial charge in [0, 0.05) is 80.8 Å². The summed E-state index contributed by atoms with van der Waals surface area (Å²) in [6, 6.07) is 35.9. The van der Waals surface area contributed by atoms with Gasteiger partial charge in [0.25, 0.3) is 11.4 Å². The Hall–Kier alpha value is -7.89. The van der Waals surface area contributed by atoms with Crippen LogP contribution in [0.3, 0.4) is 0 Å². The lowest BCUT2D eigenvalue weighted by atomic mass is 9.96. The van der Waals surface area contributed by atoms with E-state index < -0.39 is 9.85 Å². The van der Waals surface area contributed by atoms with Crippen molar-refractivity contribution in [3.05, 3.63) is 264 Å². The molecule has 1 atom stereocenters. The average Bonchev–Trinajstić information content (AvgIpc) is 1.38. The maximum atomic E-state index is 10.8. The number of hydrogen-bond acceptors (Lipinski definition) is 16. The molecular formula is C72H95Cl2N5O14. The lowest BCUT2D eigenvalue weighted by Gasteiger charge is -2.19. The first-order valence-electron chi connectivity index (χ1n) is 29.6. The standard InChI is InChI=1S/C10H15NO2.2C10H15NO.C10H14O2.2C8H9ClO.2C8H9NO3/c1-7-5-10(11-8(2)13)4-3-9(7)6-12;1-8-6-10(11(2)3)5-4-9(8)7-12;1-8-4-5-10(11(2)3)6-9(8)7-12;1-7-3-9(5-11)8(2)10(4-7)6-12;1-6-4-8(9)3-2-7(6)5-10;1-6-2-3-8(9)4-7(6)5-10;1-6-4-8(9(11)12)3-2-7(6)5-10;1-6-2-3-8(9(11)12)4-7(6)5-10/h3,5,10,12H,4,6H2,1-2H3,(H,11,13);2*4-6,12H,7H2,1-3H3;3-4,11-12H,5-6H2,1-2H3;2*2-4,10H,5H2,1H3;2*2-4,10H,5H2,1H3. The minimum Gasteiger partial charge on any atom is -0.392 e. The zero-order valence-electron chi connectivity index (χ0n) is 56.0. The van der Waals surface area contributed by atoms with E-state index in [2.05, 4.69) is 17.4 Å². The molecule has 1 aliphatic rings. The van der Waals surface area contributed by atoms with Crippen molar-refractivity contribution in [2.45, 2.75) is 135 Å². The summed E-state index contributed by atoms with van der Waals surface area (Å²) >= 11 is 11.4. The molecule has 0 bridgehead atoms. The number of nitrogens with zero attached hydrogens (tertiary/aromatic N) is 4. The molecule has 7 aromatic carbocycles. The Kier molecular flexibility index (Phi) is 39.2. The van der Waals surface area contributed by atoms with E-state index in [1.54, 1.807) is 38.1 Å². The molecule has 10 N–H and O–H groups in total. The number of non-ortho nitro benzene ring substituents is 2. The number of nitro groups is 2. The average molecular weight is 1330 g/mol. The number of benzene rings is 7. The van der Waals surface area contributed by atoms with Gasteiger partial charge in [0.05, 0.1) is 75.4 Å². The topological polar surface area (TPSA) is 304 Å². The zero-order valence-corrected chi connectivity index (χ0v) is 57.5. The summed E-state index contributed by atoms with van der Waals surface area (Å²) in [5.41, 5.74) is 19.4. The number of rotatable bonds is 14. The SMILES string of the molecule is CC(=O)NC1C=C(C)C(CO)=CC1.Cc1cc(CO)c(C)c(CO)c1.Cc1cc(Cl)ccc1CO.Cc1cc(N(C)C)ccc1CO.Cc1cc([N+](=O)[O-])ccc1CO.Cc1ccc(Cl)cc1CO.Cc1ccc(N(C)C)cc1CO.Cc1ccc([N+](=O)[O-])cc1CO. The van der Waals surface area contributed by atoms with Crippen LogP contribution < -0.4 is 15.1 Å². The third kappa shape index (κ3) is 30.2. The lowest BCUT2D eigenvalue weighted by Crippen LogP contribution is -2.32. The molecule has 93 heavy (non-hydrogen) atoms. The van der Waals surface area contributed by atoms with Crippen LogP contribution in [0.1, 0.15) is 109 Å². The number of carbonyl (C=O) groups excluding carboxylic acids is 1. The normalized spacial score (nSPS) is 11.6. The maximum Gasteiger partial charge on any atom is 0.269 e. The molecule has 21 heteroatoms. The van der Waals surface area contributed by atoms with E-state index in [4.69, 9.17) is 69.2 Å². The zero-order chi connectivity index (χ0) is 70.7. The van der Waals surface area contributed by atoms with Gasteiger partial charge in [-0.15, -0.1) is 0 Å². The summed E-state index contributed by atoms with van der Waals surface area (Å²) in [5.74, 6) is -0.0186. The largest absolute Gasteiger partial charge is 0.392 e. The highest BCUT2D eigenvalue weighted by molar-refractivity contribution is 6.31. The molecule has 1 amide bonds. The molecule has 0 radical (unpaired) electrons. The van der Waals surface area contributed by atoms with Crippen LogP contribution in [0.2, 0.25) is 10.0 Å². The Morgan fingerprint density at radius 1 is 0.452 bits per heavy atom. The molecule has 19 nitrogen and oxygen atoms in total. The molecule has 0 spiro atoms. The highest BCUT2D eigenvalue weighted by Gasteiger charge is 2.13. The van der Waals surface area contributed by atoms with E-state index in [1.165, 1.54) is 36.9 Å². The van der Waals surface area contributed by atoms with Crippen molar-refractivity contribution in [3.63, 3.8) is 0 Å². The quantitative estimate of drug-likeness (QED) is 0.0357. The molecule has 7 aromatic rings. The molecule has 506 valence electrons. The fourth-order valence-electron chi connectivity index (χ4n) is 8.60. The second-order valence-electron chi connectivity index (χ2n) is 22.1. The van der Waals surface area contributed by atoms with Crippen molar-refractivity contribution < 1.29 is 60.6 Å². The van der Waals surface area contributed by atoms with E-state index in [1.807, 2.05) is 159 Å². The monoisotopic (exact) mass is 1320 g/mol. The molecule has 0 heterocycles. The van der Waals surface area contributed by atoms with Crippen molar-refractivity contribution in [2.75, 3.05) is 44.6 Å². The molecule has 0 aliphatic heterocycles. The molecule has 0 fully saturated rings. The number of amides is 1. The number of anilines is 2. The Morgan fingerprint density at radius 2 is 0.817 bits per heavy atom. The second-order valence-corrected chi connectivity index (χ2v) is 23.0. The summed E-state index contributed by atoms with van der Waals surface area (Å²) in [4.78, 5) is 34.5. The molecule has 8 rings (SSSR count).